The molecule has 5 heteroatoms. The molecule has 0 fully saturated rings. The van der Waals surface area contributed by atoms with Crippen molar-refractivity contribution < 1.29 is 39.2 Å². The molecule has 0 radical (unpaired) electrons. The van der Waals surface area contributed by atoms with Crippen molar-refractivity contribution in [2.45, 2.75) is 0 Å². The second-order valence-corrected chi connectivity index (χ2v) is 4.82. The summed E-state index contributed by atoms with van der Waals surface area (Å²) < 4.78 is 5.32. The molecule has 0 aliphatic carbocycles. The van der Waals surface area contributed by atoms with E-state index < -0.39 is 5.97 Å². The SMILES string of the molecule is O=C(Oc1ccc(-c2cc[c-]cc2)cc1)c1ccc(OO)cc1.[Zn]. The molecule has 0 heterocycles. The number of esters is 1. The van der Waals surface area contributed by atoms with Gasteiger partial charge in [-0.15, -0.1) is 5.56 Å². The number of hydrogen-bond donors (Lipinski definition) is 1. The normalized spacial score (nSPS) is 9.71. The summed E-state index contributed by atoms with van der Waals surface area (Å²) in [5, 5.41) is 8.50. The summed E-state index contributed by atoms with van der Waals surface area (Å²) in [6.45, 7) is 0. The van der Waals surface area contributed by atoms with Crippen LogP contribution >= 0.6 is 0 Å². The number of carbonyl (C=O) groups excluding carboxylic acids is 1. The molecule has 24 heavy (non-hydrogen) atoms. The molecule has 0 aliphatic rings. The summed E-state index contributed by atoms with van der Waals surface area (Å²) >= 11 is 0. The van der Waals surface area contributed by atoms with Crippen LogP contribution in [0.25, 0.3) is 11.1 Å². The minimum Gasteiger partial charge on any atom is -0.423 e. The Morgan fingerprint density at radius 1 is 0.792 bits per heavy atom. The Morgan fingerprint density at radius 3 is 1.92 bits per heavy atom. The molecule has 0 unspecified atom stereocenters. The molecule has 0 aromatic heterocycles. The minimum absolute atomic E-state index is 0. The van der Waals surface area contributed by atoms with Gasteiger partial charge < -0.3 is 9.62 Å². The van der Waals surface area contributed by atoms with Crippen LogP contribution in [-0.2, 0) is 19.5 Å². The number of hydrogen-bond acceptors (Lipinski definition) is 4. The first-order valence-electron chi connectivity index (χ1n) is 6.96. The van der Waals surface area contributed by atoms with Gasteiger partial charge in [0.25, 0.3) is 0 Å². The first-order valence-corrected chi connectivity index (χ1v) is 6.96. The number of benzene rings is 3. The van der Waals surface area contributed by atoms with E-state index in [1.807, 2.05) is 36.4 Å². The third-order valence-corrected chi connectivity index (χ3v) is 3.31. The summed E-state index contributed by atoms with van der Waals surface area (Å²) in [5.41, 5.74) is 2.47. The van der Waals surface area contributed by atoms with Gasteiger partial charge in [0.15, 0.2) is 5.75 Å². The van der Waals surface area contributed by atoms with Gasteiger partial charge in [-0.1, -0.05) is 12.1 Å². The first kappa shape index (κ1) is 17.9. The van der Waals surface area contributed by atoms with Gasteiger partial charge in [-0.2, -0.15) is 30.3 Å². The van der Waals surface area contributed by atoms with Crippen LogP contribution in [-0.4, -0.2) is 11.2 Å². The molecule has 116 valence electrons. The number of carbonyl (C=O) groups is 1. The van der Waals surface area contributed by atoms with Crippen molar-refractivity contribution in [3.63, 3.8) is 0 Å². The van der Waals surface area contributed by atoms with Gasteiger partial charge in [-0.05, 0) is 42.0 Å². The van der Waals surface area contributed by atoms with E-state index in [4.69, 9.17) is 9.99 Å². The monoisotopic (exact) mass is 369 g/mol. The van der Waals surface area contributed by atoms with Gasteiger partial charge >= 0.3 is 5.97 Å². The van der Waals surface area contributed by atoms with Gasteiger partial charge in [-0.3, -0.25) is 0 Å². The van der Waals surface area contributed by atoms with Crippen LogP contribution in [0.1, 0.15) is 10.4 Å². The molecule has 1 N–H and O–H groups in total. The van der Waals surface area contributed by atoms with E-state index in [1.165, 1.54) is 24.3 Å². The molecule has 0 aliphatic heterocycles. The Bertz CT molecular complexity index is 784. The van der Waals surface area contributed by atoms with Crippen LogP contribution in [0, 0.1) is 6.07 Å². The van der Waals surface area contributed by atoms with Crippen LogP contribution in [0.5, 0.6) is 11.5 Å². The third kappa shape index (κ3) is 4.28. The fourth-order valence-electron chi connectivity index (χ4n) is 2.11. The Kier molecular flexibility index (Phi) is 6.24. The maximum atomic E-state index is 12.0. The van der Waals surface area contributed by atoms with Crippen LogP contribution in [0.15, 0.2) is 72.8 Å². The zero-order chi connectivity index (χ0) is 16.1. The van der Waals surface area contributed by atoms with Crippen LogP contribution in [0.4, 0.5) is 0 Å². The molecule has 0 bridgehead atoms. The first-order chi connectivity index (χ1) is 11.3. The van der Waals surface area contributed by atoms with Crippen molar-refractivity contribution in [1.29, 1.82) is 0 Å². The second kappa shape index (κ2) is 8.39. The molecule has 0 amide bonds. The summed E-state index contributed by atoms with van der Waals surface area (Å²) in [7, 11) is 0. The third-order valence-electron chi connectivity index (χ3n) is 3.31. The Morgan fingerprint density at radius 2 is 1.33 bits per heavy atom. The smallest absolute Gasteiger partial charge is 0.343 e. The fourth-order valence-corrected chi connectivity index (χ4v) is 2.11. The van der Waals surface area contributed by atoms with Crippen LogP contribution in [0.2, 0.25) is 0 Å². The van der Waals surface area contributed by atoms with Crippen molar-refractivity contribution in [1.82, 2.24) is 0 Å². The molecule has 0 atom stereocenters. The van der Waals surface area contributed by atoms with Gasteiger partial charge in [0.1, 0.15) is 5.75 Å². The van der Waals surface area contributed by atoms with Crippen molar-refractivity contribution in [3.8, 4) is 22.6 Å². The molecule has 0 saturated carbocycles. The molecule has 0 spiro atoms. The average Bonchev–Trinajstić information content (AvgIpc) is 2.63. The van der Waals surface area contributed by atoms with E-state index in [2.05, 4.69) is 11.0 Å². The standard InChI is InChI=1S/C19H13O4.Zn/c20-19(16-8-12-18(23-21)13-9-16)22-17-10-6-15(7-11-17)14-4-2-1-3-5-14;/h2-13,21H;/q-1;. The molecule has 3 rings (SSSR count). The van der Waals surface area contributed by atoms with Gasteiger partial charge in [0.05, 0.1) is 5.56 Å². The van der Waals surface area contributed by atoms with Crippen LogP contribution in [0.3, 0.4) is 0 Å². The van der Waals surface area contributed by atoms with E-state index in [1.54, 1.807) is 12.1 Å². The van der Waals surface area contributed by atoms with E-state index in [-0.39, 0.29) is 25.2 Å². The fraction of sp³-hybridized carbons (Fsp3) is 0. The molecular weight excluding hydrogens is 358 g/mol. The number of ether oxygens (including phenoxy) is 1. The van der Waals surface area contributed by atoms with E-state index >= 15 is 0 Å². The predicted molar refractivity (Wildman–Crippen MR) is 85.4 cm³/mol. The van der Waals surface area contributed by atoms with Crippen molar-refractivity contribution in [2.75, 3.05) is 0 Å². The zero-order valence-electron chi connectivity index (χ0n) is 12.8. The van der Waals surface area contributed by atoms with E-state index in [0.29, 0.717) is 11.3 Å². The maximum Gasteiger partial charge on any atom is 0.343 e. The van der Waals surface area contributed by atoms with Gasteiger partial charge in [-0.25, -0.2) is 10.1 Å². The molecule has 0 saturated heterocycles. The minimum atomic E-state index is -0.475. The van der Waals surface area contributed by atoms with Crippen LogP contribution < -0.4 is 9.62 Å². The summed E-state index contributed by atoms with van der Waals surface area (Å²) in [4.78, 5) is 16.1. The average molecular weight is 371 g/mol. The Balaban J connectivity index is 0.00000208. The Labute approximate surface area is 152 Å². The largest absolute Gasteiger partial charge is 0.423 e. The maximum absolute atomic E-state index is 12.0. The summed E-state index contributed by atoms with van der Waals surface area (Å²) in [6.07, 6.45) is 0. The van der Waals surface area contributed by atoms with Gasteiger partial charge in [0, 0.05) is 19.5 Å². The molecular formula is C19H13O4Zn-. The Hall–Kier alpha value is -2.49. The van der Waals surface area contributed by atoms with Crippen molar-refractivity contribution in [3.05, 3.63) is 84.4 Å². The van der Waals surface area contributed by atoms with Crippen molar-refractivity contribution in [2.24, 2.45) is 0 Å². The quantitative estimate of drug-likeness (QED) is 0.186. The molecule has 4 nitrogen and oxygen atoms in total. The topological polar surface area (TPSA) is 55.8 Å². The molecule has 3 aromatic rings. The number of rotatable bonds is 4. The molecule has 3 aromatic carbocycles. The van der Waals surface area contributed by atoms with Gasteiger partial charge in [0.2, 0.25) is 0 Å². The van der Waals surface area contributed by atoms with E-state index in [9.17, 15) is 4.79 Å². The summed E-state index contributed by atoms with van der Waals surface area (Å²) in [5.74, 6) is 0.242. The van der Waals surface area contributed by atoms with Crippen molar-refractivity contribution >= 4 is 5.97 Å². The van der Waals surface area contributed by atoms with E-state index in [0.717, 1.165) is 11.1 Å². The second-order valence-electron chi connectivity index (χ2n) is 4.82. The predicted octanol–water partition coefficient (Wildman–Crippen LogP) is 4.22. The zero-order valence-corrected chi connectivity index (χ0v) is 15.8. The summed E-state index contributed by atoms with van der Waals surface area (Å²) in [6, 6.07) is 23.9.